The van der Waals surface area contributed by atoms with E-state index in [0.717, 1.165) is 46.1 Å². The number of methoxy groups -OCH3 is 2. The highest BCUT2D eigenvalue weighted by Gasteiger charge is 2.31. The van der Waals surface area contributed by atoms with E-state index in [-0.39, 0.29) is 24.0 Å². The molecule has 4 heterocycles. The summed E-state index contributed by atoms with van der Waals surface area (Å²) in [7, 11) is 5.23. The van der Waals surface area contributed by atoms with Crippen LogP contribution in [0.4, 0.5) is 5.82 Å². The van der Waals surface area contributed by atoms with Crippen LogP contribution in [0.15, 0.2) is 42.9 Å². The van der Waals surface area contributed by atoms with Crippen LogP contribution in [0.1, 0.15) is 18.9 Å². The minimum absolute atomic E-state index is 0.0206. The van der Waals surface area contributed by atoms with Crippen LogP contribution in [0, 0.1) is 5.92 Å². The molecule has 4 aromatic rings. The van der Waals surface area contributed by atoms with E-state index < -0.39 is 0 Å². The number of anilines is 1. The SMILES string of the molecule is COc1c(-c2cnn([C@@H]3COC[C@H]3OC)c2)cccc1-c1nn(C)c2cnc(NC(=O)C3CC3)cc12. The summed E-state index contributed by atoms with van der Waals surface area (Å²) in [6.45, 7) is 1.12. The Hall–Kier alpha value is -3.76. The third-order valence-corrected chi connectivity index (χ3v) is 6.97. The number of carbonyl (C=O) groups is 1. The van der Waals surface area contributed by atoms with E-state index in [0.29, 0.717) is 24.8 Å². The number of nitrogens with zero attached hydrogens (tertiary/aromatic N) is 5. The predicted molar refractivity (Wildman–Crippen MR) is 134 cm³/mol. The highest BCUT2D eigenvalue weighted by Crippen LogP contribution is 2.41. The first-order chi connectivity index (χ1) is 17.6. The fraction of sp³-hybridized carbons (Fsp3) is 0.385. The molecule has 10 heteroatoms. The topological polar surface area (TPSA) is 105 Å². The molecule has 3 aromatic heterocycles. The Labute approximate surface area is 208 Å². The Morgan fingerprint density at radius 3 is 2.78 bits per heavy atom. The van der Waals surface area contributed by atoms with Gasteiger partial charge in [-0.2, -0.15) is 10.2 Å². The Bertz CT molecular complexity index is 1440. The third-order valence-electron chi connectivity index (χ3n) is 6.97. The summed E-state index contributed by atoms with van der Waals surface area (Å²) in [4.78, 5) is 16.7. The van der Waals surface area contributed by atoms with Crippen LogP contribution in [0.25, 0.3) is 33.3 Å². The molecule has 1 N–H and O–H groups in total. The molecule has 36 heavy (non-hydrogen) atoms. The summed E-state index contributed by atoms with van der Waals surface area (Å²) < 4.78 is 20.8. The summed E-state index contributed by atoms with van der Waals surface area (Å²) in [6, 6.07) is 7.89. The zero-order valence-corrected chi connectivity index (χ0v) is 20.5. The lowest BCUT2D eigenvalue weighted by Gasteiger charge is -2.16. The lowest BCUT2D eigenvalue weighted by molar-refractivity contribution is -0.117. The zero-order valence-electron chi connectivity index (χ0n) is 20.5. The highest BCUT2D eigenvalue weighted by atomic mass is 16.5. The second-order valence-electron chi connectivity index (χ2n) is 9.30. The molecule has 1 aliphatic carbocycles. The summed E-state index contributed by atoms with van der Waals surface area (Å²) in [5.41, 5.74) is 4.30. The minimum Gasteiger partial charge on any atom is -0.495 e. The van der Waals surface area contributed by atoms with Crippen molar-refractivity contribution in [3.8, 4) is 28.1 Å². The number of carbonyl (C=O) groups excluding carboxylic acids is 1. The van der Waals surface area contributed by atoms with Gasteiger partial charge in [0.2, 0.25) is 5.91 Å². The number of nitrogens with one attached hydrogen (secondary N) is 1. The maximum Gasteiger partial charge on any atom is 0.228 e. The van der Waals surface area contributed by atoms with E-state index in [4.69, 9.17) is 19.3 Å². The van der Waals surface area contributed by atoms with Crippen molar-refractivity contribution in [2.75, 3.05) is 32.8 Å². The van der Waals surface area contributed by atoms with Gasteiger partial charge in [-0.05, 0) is 25.0 Å². The van der Waals surface area contributed by atoms with Gasteiger partial charge in [0.25, 0.3) is 0 Å². The Morgan fingerprint density at radius 2 is 2.00 bits per heavy atom. The molecule has 10 nitrogen and oxygen atoms in total. The number of rotatable bonds is 7. The van der Waals surface area contributed by atoms with Crippen molar-refractivity contribution in [1.82, 2.24) is 24.5 Å². The highest BCUT2D eigenvalue weighted by molar-refractivity contribution is 6.00. The summed E-state index contributed by atoms with van der Waals surface area (Å²) >= 11 is 0. The van der Waals surface area contributed by atoms with Gasteiger partial charge in [0.05, 0.1) is 38.2 Å². The zero-order chi connectivity index (χ0) is 24.8. The third kappa shape index (κ3) is 3.92. The number of fused-ring (bicyclic) bond motifs is 1. The minimum atomic E-state index is -0.0333. The van der Waals surface area contributed by atoms with Crippen molar-refractivity contribution >= 4 is 22.6 Å². The second kappa shape index (κ2) is 9.03. The van der Waals surface area contributed by atoms with Crippen molar-refractivity contribution in [1.29, 1.82) is 0 Å². The molecule has 2 fully saturated rings. The van der Waals surface area contributed by atoms with Crippen molar-refractivity contribution in [2.45, 2.75) is 25.0 Å². The number of hydrogen-bond donors (Lipinski definition) is 1. The van der Waals surface area contributed by atoms with E-state index in [2.05, 4.69) is 15.4 Å². The number of benzene rings is 1. The molecule has 1 aromatic carbocycles. The molecular formula is C26H28N6O4. The number of aryl methyl sites for hydroxylation is 1. The average molecular weight is 489 g/mol. The molecule has 1 saturated carbocycles. The van der Waals surface area contributed by atoms with Crippen LogP contribution >= 0.6 is 0 Å². The Balaban J connectivity index is 1.40. The summed E-state index contributed by atoms with van der Waals surface area (Å²) in [5.74, 6) is 1.34. The molecule has 1 saturated heterocycles. The molecule has 0 unspecified atom stereocenters. The molecule has 2 aliphatic rings. The lowest BCUT2D eigenvalue weighted by Crippen LogP contribution is -2.24. The maximum absolute atomic E-state index is 12.3. The standard InChI is InChI=1S/C26H28N6O4/c1-31-20-11-27-23(29-26(33)15-7-8-15)9-19(20)24(30-31)18-6-4-5-17(25(18)35-3)16-10-28-32(12-16)21-13-36-14-22(21)34-2/h4-6,9-12,15,21-22H,7-8,13-14H2,1-3H3,(H,27,29,33)/t21-,22-/m1/s1. The van der Waals surface area contributed by atoms with Crippen LogP contribution in [-0.2, 0) is 21.3 Å². The molecular weight excluding hydrogens is 460 g/mol. The maximum atomic E-state index is 12.3. The van der Waals surface area contributed by atoms with Gasteiger partial charge in [0.1, 0.15) is 29.4 Å². The number of pyridine rings is 1. The number of amides is 1. The van der Waals surface area contributed by atoms with Gasteiger partial charge < -0.3 is 19.5 Å². The Morgan fingerprint density at radius 1 is 1.17 bits per heavy atom. The molecule has 1 aliphatic heterocycles. The van der Waals surface area contributed by atoms with Crippen molar-refractivity contribution in [3.05, 3.63) is 42.9 Å². The van der Waals surface area contributed by atoms with Crippen LogP contribution < -0.4 is 10.1 Å². The smallest absolute Gasteiger partial charge is 0.228 e. The van der Waals surface area contributed by atoms with Crippen molar-refractivity contribution < 1.29 is 19.0 Å². The van der Waals surface area contributed by atoms with Gasteiger partial charge in [-0.15, -0.1) is 0 Å². The Kier molecular flexibility index (Phi) is 5.69. The summed E-state index contributed by atoms with van der Waals surface area (Å²) in [6.07, 6.45) is 7.41. The largest absolute Gasteiger partial charge is 0.495 e. The van der Waals surface area contributed by atoms with Gasteiger partial charge in [-0.3, -0.25) is 14.2 Å². The van der Waals surface area contributed by atoms with Crippen molar-refractivity contribution in [3.63, 3.8) is 0 Å². The normalized spacial score (nSPS) is 19.6. The molecule has 0 spiro atoms. The van der Waals surface area contributed by atoms with Crippen molar-refractivity contribution in [2.24, 2.45) is 13.0 Å². The fourth-order valence-electron chi connectivity index (χ4n) is 4.82. The van der Waals surface area contributed by atoms with E-state index in [1.54, 1.807) is 25.1 Å². The number of hydrogen-bond acceptors (Lipinski definition) is 7. The van der Waals surface area contributed by atoms with Gasteiger partial charge >= 0.3 is 0 Å². The molecule has 6 rings (SSSR count). The molecule has 0 radical (unpaired) electrons. The number of aromatic nitrogens is 5. The average Bonchev–Trinajstić information content (AvgIpc) is 3.31. The van der Waals surface area contributed by atoms with E-state index >= 15 is 0 Å². The van der Waals surface area contributed by atoms with Crippen LogP contribution in [-0.4, -0.2) is 64.0 Å². The molecule has 2 atom stereocenters. The monoisotopic (exact) mass is 488 g/mol. The van der Waals surface area contributed by atoms with E-state index in [1.807, 2.05) is 48.4 Å². The lowest BCUT2D eigenvalue weighted by atomic mass is 10.0. The first-order valence-corrected chi connectivity index (χ1v) is 12.0. The number of para-hydroxylation sites is 1. The predicted octanol–water partition coefficient (Wildman–Crippen LogP) is 3.44. The van der Waals surface area contributed by atoms with Gasteiger partial charge in [-0.25, -0.2) is 4.98 Å². The first-order valence-electron chi connectivity index (χ1n) is 12.0. The van der Waals surface area contributed by atoms with Crippen LogP contribution in [0.2, 0.25) is 0 Å². The van der Waals surface area contributed by atoms with Gasteiger partial charge in [0.15, 0.2) is 0 Å². The van der Waals surface area contributed by atoms with Crippen LogP contribution in [0.5, 0.6) is 5.75 Å². The second-order valence-corrected chi connectivity index (χ2v) is 9.30. The molecule has 0 bridgehead atoms. The first kappa shape index (κ1) is 22.7. The van der Waals surface area contributed by atoms with E-state index in [1.165, 1.54) is 0 Å². The van der Waals surface area contributed by atoms with E-state index in [9.17, 15) is 4.79 Å². The van der Waals surface area contributed by atoms with Gasteiger partial charge in [0, 0.05) is 48.3 Å². The molecule has 1 amide bonds. The fourth-order valence-corrected chi connectivity index (χ4v) is 4.82. The quantitative estimate of drug-likeness (QED) is 0.425. The van der Waals surface area contributed by atoms with Crippen LogP contribution in [0.3, 0.4) is 0 Å². The number of ether oxygens (including phenoxy) is 3. The van der Waals surface area contributed by atoms with Gasteiger partial charge in [-0.1, -0.05) is 12.1 Å². The molecule has 186 valence electrons. The summed E-state index contributed by atoms with van der Waals surface area (Å²) in [5, 5.41) is 13.2.